The zero-order chi connectivity index (χ0) is 19.5. The number of rotatable bonds is 4. The van der Waals surface area contributed by atoms with E-state index < -0.39 is 11.6 Å². The number of pyridine rings is 1. The number of aryl methyl sites for hydroxylation is 1. The van der Waals surface area contributed by atoms with Gasteiger partial charge in [0.05, 0.1) is 5.69 Å². The van der Waals surface area contributed by atoms with Gasteiger partial charge < -0.3 is 15.1 Å². The van der Waals surface area contributed by atoms with E-state index in [2.05, 4.69) is 30.1 Å². The summed E-state index contributed by atoms with van der Waals surface area (Å²) in [5.41, 5.74) is 0.938. The first-order valence-electron chi connectivity index (χ1n) is 9.07. The van der Waals surface area contributed by atoms with E-state index in [-0.39, 0.29) is 5.69 Å². The molecular formula is C20H20F2N6. The van der Waals surface area contributed by atoms with Crippen molar-refractivity contribution >= 4 is 23.3 Å². The number of anilines is 4. The Labute approximate surface area is 161 Å². The van der Waals surface area contributed by atoms with Crippen LogP contribution < -0.4 is 15.1 Å². The monoisotopic (exact) mass is 382 g/mol. The average Bonchev–Trinajstić information content (AvgIpc) is 2.70. The highest BCUT2D eigenvalue weighted by Gasteiger charge is 2.20. The molecule has 1 fully saturated rings. The van der Waals surface area contributed by atoms with Crippen LogP contribution >= 0.6 is 0 Å². The highest BCUT2D eigenvalue weighted by atomic mass is 19.1. The van der Waals surface area contributed by atoms with Crippen LogP contribution in [0.1, 0.15) is 5.69 Å². The van der Waals surface area contributed by atoms with Crippen molar-refractivity contribution in [2.24, 2.45) is 0 Å². The Morgan fingerprint density at radius 1 is 0.929 bits per heavy atom. The fraction of sp³-hybridized carbons (Fsp3) is 0.250. The van der Waals surface area contributed by atoms with Gasteiger partial charge in [0.25, 0.3) is 0 Å². The fourth-order valence-corrected chi connectivity index (χ4v) is 3.16. The Balaban J connectivity index is 1.48. The van der Waals surface area contributed by atoms with Crippen molar-refractivity contribution in [3.63, 3.8) is 0 Å². The SMILES string of the molecule is Cc1cc(Nc2ccc(F)cc2F)nc(N2CCN(c3ccccn3)CC2)n1. The van der Waals surface area contributed by atoms with Gasteiger partial charge in [-0.2, -0.15) is 4.98 Å². The highest BCUT2D eigenvalue weighted by molar-refractivity contribution is 5.58. The summed E-state index contributed by atoms with van der Waals surface area (Å²) in [6.45, 7) is 4.99. The summed E-state index contributed by atoms with van der Waals surface area (Å²) in [6.07, 6.45) is 1.79. The molecule has 2 aromatic heterocycles. The highest BCUT2D eigenvalue weighted by Crippen LogP contribution is 2.23. The summed E-state index contributed by atoms with van der Waals surface area (Å²) in [5.74, 6) is 0.738. The third-order valence-electron chi connectivity index (χ3n) is 4.57. The molecule has 0 radical (unpaired) electrons. The van der Waals surface area contributed by atoms with E-state index in [1.54, 1.807) is 12.3 Å². The predicted molar refractivity (Wildman–Crippen MR) is 105 cm³/mol. The summed E-state index contributed by atoms with van der Waals surface area (Å²) in [6, 6.07) is 11.0. The van der Waals surface area contributed by atoms with Crippen LogP contribution in [0.5, 0.6) is 0 Å². The topological polar surface area (TPSA) is 57.2 Å². The number of benzene rings is 1. The van der Waals surface area contributed by atoms with E-state index >= 15 is 0 Å². The Kier molecular flexibility index (Phi) is 5.01. The number of hydrogen-bond donors (Lipinski definition) is 1. The predicted octanol–water partition coefficient (Wildman–Crippen LogP) is 3.53. The number of halogens is 2. The van der Waals surface area contributed by atoms with Gasteiger partial charge in [0.15, 0.2) is 0 Å². The van der Waals surface area contributed by atoms with Crippen molar-refractivity contribution in [3.8, 4) is 0 Å². The first-order valence-corrected chi connectivity index (χ1v) is 9.07. The van der Waals surface area contributed by atoms with Crippen LogP contribution in [-0.2, 0) is 0 Å². The molecule has 1 aliphatic rings. The minimum absolute atomic E-state index is 0.172. The van der Waals surface area contributed by atoms with Crippen LogP contribution in [0.15, 0.2) is 48.7 Å². The Morgan fingerprint density at radius 3 is 2.43 bits per heavy atom. The van der Waals surface area contributed by atoms with Gasteiger partial charge in [-0.15, -0.1) is 0 Å². The van der Waals surface area contributed by atoms with E-state index in [0.29, 0.717) is 11.8 Å². The van der Waals surface area contributed by atoms with E-state index in [4.69, 9.17) is 0 Å². The summed E-state index contributed by atoms with van der Waals surface area (Å²) < 4.78 is 27.0. The maximum Gasteiger partial charge on any atom is 0.227 e. The summed E-state index contributed by atoms with van der Waals surface area (Å²) in [7, 11) is 0. The third-order valence-corrected chi connectivity index (χ3v) is 4.57. The molecule has 0 unspecified atom stereocenters. The van der Waals surface area contributed by atoms with Gasteiger partial charge in [-0.05, 0) is 31.2 Å². The zero-order valence-electron chi connectivity index (χ0n) is 15.4. The fourth-order valence-electron chi connectivity index (χ4n) is 3.16. The molecule has 4 rings (SSSR count). The standard InChI is InChI=1S/C20H20F2N6/c1-14-12-18(25-17-6-5-15(21)13-16(17)22)26-20(24-14)28-10-8-27(9-11-28)19-4-2-3-7-23-19/h2-7,12-13H,8-11H2,1H3,(H,24,25,26). The van der Waals surface area contributed by atoms with Crippen molar-refractivity contribution in [3.05, 3.63) is 66.0 Å². The van der Waals surface area contributed by atoms with Crippen LogP contribution in [-0.4, -0.2) is 41.1 Å². The number of nitrogens with zero attached hydrogens (tertiary/aromatic N) is 5. The lowest BCUT2D eigenvalue weighted by molar-refractivity contribution is 0.586. The van der Waals surface area contributed by atoms with Crippen LogP contribution in [0.4, 0.5) is 32.1 Å². The molecule has 8 heteroatoms. The molecule has 144 valence electrons. The molecule has 0 aliphatic carbocycles. The second-order valence-corrected chi connectivity index (χ2v) is 6.61. The van der Waals surface area contributed by atoms with Crippen molar-refractivity contribution in [1.82, 2.24) is 15.0 Å². The molecule has 28 heavy (non-hydrogen) atoms. The Hall–Kier alpha value is -3.29. The van der Waals surface area contributed by atoms with Gasteiger partial charge in [0, 0.05) is 50.2 Å². The van der Waals surface area contributed by atoms with Gasteiger partial charge in [-0.3, -0.25) is 0 Å². The minimum Gasteiger partial charge on any atom is -0.353 e. The van der Waals surface area contributed by atoms with Crippen LogP contribution in [0.3, 0.4) is 0 Å². The molecule has 1 saturated heterocycles. The second kappa shape index (κ2) is 7.75. The first-order chi connectivity index (χ1) is 13.6. The van der Waals surface area contributed by atoms with Crippen molar-refractivity contribution in [1.29, 1.82) is 0 Å². The zero-order valence-corrected chi connectivity index (χ0v) is 15.4. The van der Waals surface area contributed by atoms with Crippen LogP contribution in [0.2, 0.25) is 0 Å². The van der Waals surface area contributed by atoms with Crippen LogP contribution in [0.25, 0.3) is 0 Å². The van der Waals surface area contributed by atoms with Crippen LogP contribution in [0, 0.1) is 18.6 Å². The molecule has 6 nitrogen and oxygen atoms in total. The molecule has 0 saturated carbocycles. The molecule has 1 aromatic carbocycles. The van der Waals surface area contributed by atoms with Gasteiger partial charge in [0.2, 0.25) is 5.95 Å². The molecule has 0 atom stereocenters. The van der Waals surface area contributed by atoms with Gasteiger partial charge in [-0.1, -0.05) is 6.07 Å². The molecule has 0 spiro atoms. The molecule has 0 bridgehead atoms. The van der Waals surface area contributed by atoms with Crippen molar-refractivity contribution < 1.29 is 8.78 Å². The molecule has 1 N–H and O–H groups in total. The number of piperazine rings is 1. The quantitative estimate of drug-likeness (QED) is 0.745. The maximum atomic E-state index is 13.9. The minimum atomic E-state index is -0.665. The lowest BCUT2D eigenvalue weighted by atomic mass is 10.3. The molecule has 1 aliphatic heterocycles. The van der Waals surface area contributed by atoms with Crippen molar-refractivity contribution in [2.75, 3.05) is 41.3 Å². The van der Waals surface area contributed by atoms with Crippen molar-refractivity contribution in [2.45, 2.75) is 6.92 Å². The molecular weight excluding hydrogens is 362 g/mol. The summed E-state index contributed by atoms with van der Waals surface area (Å²) >= 11 is 0. The van der Waals surface area contributed by atoms with E-state index in [0.717, 1.165) is 43.8 Å². The lowest BCUT2D eigenvalue weighted by Crippen LogP contribution is -2.47. The van der Waals surface area contributed by atoms with E-state index in [9.17, 15) is 8.78 Å². The maximum absolute atomic E-state index is 13.9. The molecule has 3 heterocycles. The van der Waals surface area contributed by atoms with E-state index in [1.807, 2.05) is 25.1 Å². The van der Waals surface area contributed by atoms with Gasteiger partial charge in [-0.25, -0.2) is 18.7 Å². The Morgan fingerprint density at radius 2 is 1.71 bits per heavy atom. The smallest absolute Gasteiger partial charge is 0.227 e. The average molecular weight is 382 g/mol. The third kappa shape index (κ3) is 4.00. The number of aromatic nitrogens is 3. The normalized spacial score (nSPS) is 14.2. The van der Waals surface area contributed by atoms with Gasteiger partial charge >= 0.3 is 0 Å². The number of nitrogens with one attached hydrogen (secondary N) is 1. The molecule has 3 aromatic rings. The summed E-state index contributed by atoms with van der Waals surface area (Å²) in [4.78, 5) is 17.8. The Bertz CT molecular complexity index is 958. The first kappa shape index (κ1) is 18.1. The largest absolute Gasteiger partial charge is 0.353 e. The summed E-state index contributed by atoms with van der Waals surface area (Å²) in [5, 5.41) is 2.91. The second-order valence-electron chi connectivity index (χ2n) is 6.61. The molecule has 0 amide bonds. The number of hydrogen-bond acceptors (Lipinski definition) is 6. The van der Waals surface area contributed by atoms with Gasteiger partial charge in [0.1, 0.15) is 23.3 Å². The van der Waals surface area contributed by atoms with E-state index in [1.165, 1.54) is 12.1 Å². The lowest BCUT2D eigenvalue weighted by Gasteiger charge is -2.35.